The van der Waals surface area contributed by atoms with Gasteiger partial charge in [-0.15, -0.1) is 0 Å². The Labute approximate surface area is 206 Å². The van der Waals surface area contributed by atoms with E-state index in [1.165, 1.54) is 12.7 Å². The monoisotopic (exact) mass is 488 g/mol. The molecule has 3 heterocycles. The number of hydrogen-bond donors (Lipinski definition) is 3. The summed E-state index contributed by atoms with van der Waals surface area (Å²) >= 11 is 0. The van der Waals surface area contributed by atoms with Gasteiger partial charge in [0.1, 0.15) is 25.3 Å². The van der Waals surface area contributed by atoms with Crippen LogP contribution in [0.2, 0.25) is 0 Å². The summed E-state index contributed by atoms with van der Waals surface area (Å²) in [5.74, 6) is -0.0515. The average Bonchev–Trinajstić information content (AvgIpc) is 3.53. The molecule has 11 nitrogen and oxygen atoms in total. The quantitative estimate of drug-likeness (QED) is 0.361. The molecule has 1 aliphatic heterocycles. The SMILES string of the molecule is O=C(NC1CC(n2cnc3c(NC(=O)c4ccccc4)ncnc32)OC1CO)OCc1ccccc1. The highest BCUT2D eigenvalue weighted by Gasteiger charge is 2.38. The molecule has 3 N–H and O–H groups in total. The molecule has 1 fully saturated rings. The lowest BCUT2D eigenvalue weighted by Crippen LogP contribution is -2.42. The maximum absolute atomic E-state index is 12.6. The van der Waals surface area contributed by atoms with Crippen LogP contribution in [0.25, 0.3) is 11.2 Å². The average molecular weight is 489 g/mol. The van der Waals surface area contributed by atoms with Crippen LogP contribution >= 0.6 is 0 Å². The first kappa shape index (κ1) is 23.4. The van der Waals surface area contributed by atoms with Crippen molar-refractivity contribution in [3.05, 3.63) is 84.4 Å². The molecule has 11 heteroatoms. The van der Waals surface area contributed by atoms with Gasteiger partial charge in [0.15, 0.2) is 17.0 Å². The molecule has 1 saturated heterocycles. The molecule has 5 rings (SSSR count). The van der Waals surface area contributed by atoms with E-state index >= 15 is 0 Å². The highest BCUT2D eigenvalue weighted by Crippen LogP contribution is 2.32. The molecule has 0 aliphatic carbocycles. The van der Waals surface area contributed by atoms with Crippen molar-refractivity contribution in [3.63, 3.8) is 0 Å². The van der Waals surface area contributed by atoms with Crippen LogP contribution in [0, 0.1) is 0 Å². The van der Waals surface area contributed by atoms with Gasteiger partial charge in [-0.05, 0) is 17.7 Å². The van der Waals surface area contributed by atoms with Gasteiger partial charge in [-0.3, -0.25) is 9.36 Å². The Morgan fingerprint density at radius 1 is 1.06 bits per heavy atom. The number of amides is 2. The zero-order chi connectivity index (χ0) is 24.9. The first-order chi connectivity index (χ1) is 17.6. The van der Waals surface area contributed by atoms with Gasteiger partial charge < -0.3 is 25.2 Å². The van der Waals surface area contributed by atoms with E-state index in [0.717, 1.165) is 5.56 Å². The van der Waals surface area contributed by atoms with E-state index in [9.17, 15) is 14.7 Å². The lowest BCUT2D eigenvalue weighted by atomic mass is 10.1. The Hall–Kier alpha value is -4.35. The Kier molecular flexibility index (Phi) is 6.83. The van der Waals surface area contributed by atoms with Crippen molar-refractivity contribution < 1.29 is 24.2 Å². The van der Waals surface area contributed by atoms with Crippen molar-refractivity contribution in [2.24, 2.45) is 0 Å². The number of rotatable bonds is 7. The van der Waals surface area contributed by atoms with Crippen LogP contribution in [0.1, 0.15) is 28.6 Å². The van der Waals surface area contributed by atoms with Crippen LogP contribution < -0.4 is 10.6 Å². The van der Waals surface area contributed by atoms with Gasteiger partial charge in [0.2, 0.25) is 0 Å². The molecule has 0 saturated carbocycles. The molecular weight excluding hydrogens is 464 g/mol. The van der Waals surface area contributed by atoms with Crippen LogP contribution in [0.15, 0.2) is 73.3 Å². The zero-order valence-electron chi connectivity index (χ0n) is 19.2. The molecule has 2 aromatic carbocycles. The number of benzene rings is 2. The third-order valence-corrected chi connectivity index (χ3v) is 5.87. The number of hydrogen-bond acceptors (Lipinski definition) is 8. The number of imidazole rings is 1. The molecule has 2 amide bonds. The van der Waals surface area contributed by atoms with Crippen molar-refractivity contribution in [1.29, 1.82) is 0 Å². The predicted octanol–water partition coefficient (Wildman–Crippen LogP) is 2.65. The summed E-state index contributed by atoms with van der Waals surface area (Å²) in [5.41, 5.74) is 2.19. The second kappa shape index (κ2) is 10.5. The largest absolute Gasteiger partial charge is 0.445 e. The predicted molar refractivity (Wildman–Crippen MR) is 129 cm³/mol. The molecule has 0 spiro atoms. The van der Waals surface area contributed by atoms with Crippen LogP contribution in [-0.2, 0) is 16.1 Å². The summed E-state index contributed by atoms with van der Waals surface area (Å²) in [4.78, 5) is 37.8. The number of ether oxygens (including phenoxy) is 2. The summed E-state index contributed by atoms with van der Waals surface area (Å²) in [5, 5.41) is 15.4. The Morgan fingerprint density at radius 3 is 2.56 bits per heavy atom. The van der Waals surface area contributed by atoms with Gasteiger partial charge >= 0.3 is 6.09 Å². The molecular formula is C25H24N6O5. The fourth-order valence-corrected chi connectivity index (χ4v) is 4.06. The summed E-state index contributed by atoms with van der Waals surface area (Å²) in [6.45, 7) is -0.159. The van der Waals surface area contributed by atoms with Crippen molar-refractivity contribution in [3.8, 4) is 0 Å². The number of anilines is 1. The topological polar surface area (TPSA) is 140 Å². The number of alkyl carbamates (subject to hydrolysis) is 1. The summed E-state index contributed by atoms with van der Waals surface area (Å²) < 4.78 is 13.0. The van der Waals surface area contributed by atoms with Crippen LogP contribution in [0.5, 0.6) is 0 Å². The van der Waals surface area contributed by atoms with E-state index in [-0.39, 0.29) is 24.9 Å². The fraction of sp³-hybridized carbons (Fsp3) is 0.240. The lowest BCUT2D eigenvalue weighted by Gasteiger charge is -2.17. The van der Waals surface area contributed by atoms with E-state index in [1.54, 1.807) is 28.8 Å². The molecule has 4 aromatic rings. The first-order valence-corrected chi connectivity index (χ1v) is 11.4. The number of carbonyl (C=O) groups excluding carboxylic acids is 2. The molecule has 3 unspecified atom stereocenters. The standard InChI is InChI=1S/C25H24N6O5/c32-12-19-18(29-25(34)35-13-16-7-3-1-4-8-16)11-20(36-19)31-15-28-21-22(26-14-27-23(21)31)30-24(33)17-9-5-2-6-10-17/h1-10,14-15,18-20,32H,11-13H2,(H,29,34)(H,26,27,30,33). The van der Waals surface area contributed by atoms with Gasteiger partial charge in [0, 0.05) is 12.0 Å². The van der Waals surface area contributed by atoms with Crippen LogP contribution in [0.4, 0.5) is 10.6 Å². The number of aliphatic hydroxyl groups excluding tert-OH is 1. The minimum Gasteiger partial charge on any atom is -0.445 e. The highest BCUT2D eigenvalue weighted by molar-refractivity contribution is 6.06. The van der Waals surface area contributed by atoms with E-state index < -0.39 is 24.5 Å². The minimum atomic E-state index is -0.643. The van der Waals surface area contributed by atoms with Gasteiger partial charge in [-0.1, -0.05) is 48.5 Å². The highest BCUT2D eigenvalue weighted by atomic mass is 16.6. The second-order valence-corrected chi connectivity index (χ2v) is 8.23. The number of nitrogens with zero attached hydrogens (tertiary/aromatic N) is 4. The molecule has 1 aliphatic rings. The lowest BCUT2D eigenvalue weighted by molar-refractivity contribution is -0.0253. The molecule has 0 bridgehead atoms. The molecule has 2 aromatic heterocycles. The van der Waals surface area contributed by atoms with Crippen molar-refractivity contribution in [1.82, 2.24) is 24.8 Å². The third kappa shape index (κ3) is 5.02. The molecule has 3 atom stereocenters. The van der Waals surface area contributed by atoms with E-state index in [1.807, 2.05) is 36.4 Å². The normalized spacial score (nSPS) is 19.2. The van der Waals surface area contributed by atoms with Crippen LogP contribution in [-0.4, -0.2) is 55.4 Å². The van der Waals surface area contributed by atoms with Gasteiger partial charge in [-0.25, -0.2) is 19.7 Å². The number of nitrogens with one attached hydrogen (secondary N) is 2. The van der Waals surface area contributed by atoms with E-state index in [2.05, 4.69) is 25.6 Å². The van der Waals surface area contributed by atoms with Crippen molar-refractivity contribution in [2.45, 2.75) is 31.4 Å². The van der Waals surface area contributed by atoms with Crippen molar-refractivity contribution >= 4 is 29.0 Å². The maximum atomic E-state index is 12.6. The Balaban J connectivity index is 1.27. The zero-order valence-corrected chi connectivity index (χ0v) is 19.2. The smallest absolute Gasteiger partial charge is 0.407 e. The van der Waals surface area contributed by atoms with E-state index in [4.69, 9.17) is 9.47 Å². The number of carbonyl (C=O) groups is 2. The van der Waals surface area contributed by atoms with E-state index in [0.29, 0.717) is 23.1 Å². The summed E-state index contributed by atoms with van der Waals surface area (Å²) in [6, 6.07) is 17.6. The number of aliphatic hydroxyl groups is 1. The van der Waals surface area contributed by atoms with Gasteiger partial charge in [0.25, 0.3) is 5.91 Å². The fourth-order valence-electron chi connectivity index (χ4n) is 4.06. The summed E-state index contributed by atoms with van der Waals surface area (Å²) in [6.07, 6.45) is 1.42. The molecule has 184 valence electrons. The van der Waals surface area contributed by atoms with Crippen molar-refractivity contribution in [2.75, 3.05) is 11.9 Å². The minimum absolute atomic E-state index is 0.133. The second-order valence-electron chi connectivity index (χ2n) is 8.23. The van der Waals surface area contributed by atoms with Gasteiger partial charge in [0.05, 0.1) is 19.0 Å². The molecule has 0 radical (unpaired) electrons. The maximum Gasteiger partial charge on any atom is 0.407 e. The van der Waals surface area contributed by atoms with Gasteiger partial charge in [-0.2, -0.15) is 0 Å². The van der Waals surface area contributed by atoms with Crippen LogP contribution in [0.3, 0.4) is 0 Å². The molecule has 36 heavy (non-hydrogen) atoms. The Morgan fingerprint density at radius 2 is 1.81 bits per heavy atom. The number of aromatic nitrogens is 4. The number of fused-ring (bicyclic) bond motifs is 1. The summed E-state index contributed by atoms with van der Waals surface area (Å²) in [7, 11) is 0. The first-order valence-electron chi connectivity index (χ1n) is 11.4. The third-order valence-electron chi connectivity index (χ3n) is 5.87. The Bertz CT molecular complexity index is 1350.